The molecule has 0 N–H and O–H groups in total. The zero-order valence-corrected chi connectivity index (χ0v) is 17.4. The van der Waals surface area contributed by atoms with Gasteiger partial charge in [0.15, 0.2) is 5.78 Å². The third-order valence-corrected chi connectivity index (χ3v) is 6.44. The van der Waals surface area contributed by atoms with E-state index >= 15 is 0 Å². The third kappa shape index (κ3) is 7.33. The molecule has 3 nitrogen and oxygen atoms in total. The van der Waals surface area contributed by atoms with E-state index < -0.39 is 0 Å². The third-order valence-electron chi connectivity index (χ3n) is 3.60. The Morgan fingerprint density at radius 3 is 1.89 bits per heavy atom. The number of ether oxygens (including phenoxy) is 1. The van der Waals surface area contributed by atoms with Crippen LogP contribution in [0.4, 0.5) is 0 Å². The van der Waals surface area contributed by atoms with Crippen LogP contribution in [0.25, 0.3) is 0 Å². The summed E-state index contributed by atoms with van der Waals surface area (Å²) < 4.78 is 5.87. The number of benzene rings is 2. The zero-order valence-electron chi connectivity index (χ0n) is 15.0. The molecule has 0 atom stereocenters. The number of hydrogen-bond donors (Lipinski definition) is 0. The second-order valence-electron chi connectivity index (χ2n) is 5.66. The summed E-state index contributed by atoms with van der Waals surface area (Å²) in [5.74, 6) is 1.24. The second kappa shape index (κ2) is 11.1. The molecule has 27 heavy (non-hydrogen) atoms. The van der Waals surface area contributed by atoms with Crippen molar-refractivity contribution >= 4 is 51.0 Å². The average Bonchev–Trinajstić information content (AvgIpc) is 2.69. The molecule has 0 aliphatic rings. The zero-order chi connectivity index (χ0) is 19.6. The highest BCUT2D eigenvalue weighted by atomic mass is 32.2. The van der Waals surface area contributed by atoms with E-state index in [0.717, 1.165) is 31.7 Å². The van der Waals surface area contributed by atoms with Crippen LogP contribution in [0.2, 0.25) is 0 Å². The number of thioether (sulfide) groups is 2. The van der Waals surface area contributed by atoms with Gasteiger partial charge in [-0.05, 0) is 30.2 Å². The summed E-state index contributed by atoms with van der Waals surface area (Å²) in [6.45, 7) is 5.29. The first-order valence-corrected chi connectivity index (χ1v) is 10.6. The average molecular weight is 417 g/mol. The van der Waals surface area contributed by atoms with Crippen molar-refractivity contribution in [2.75, 3.05) is 6.61 Å². The van der Waals surface area contributed by atoms with Crippen LogP contribution >= 0.6 is 35.7 Å². The maximum atomic E-state index is 11.7. The molecule has 0 saturated heterocycles. The smallest absolute Gasteiger partial charge is 0.338 e. The van der Waals surface area contributed by atoms with Crippen LogP contribution in [0.1, 0.15) is 38.8 Å². The maximum Gasteiger partial charge on any atom is 0.338 e. The molecule has 0 amide bonds. The molecular weight excluding hydrogens is 396 g/mol. The summed E-state index contributed by atoms with van der Waals surface area (Å²) >= 11 is 8.63. The highest BCUT2D eigenvalue weighted by Gasteiger charge is 2.07. The number of hydrogen-bond acceptors (Lipinski definition) is 6. The van der Waals surface area contributed by atoms with Gasteiger partial charge in [-0.15, -0.1) is 23.5 Å². The fourth-order valence-corrected chi connectivity index (χ4v) is 4.11. The lowest BCUT2D eigenvalue weighted by Crippen LogP contribution is -2.04. The Hall–Kier alpha value is -1.89. The van der Waals surface area contributed by atoms with Gasteiger partial charge in [0.05, 0.1) is 5.56 Å². The first-order valence-electron chi connectivity index (χ1n) is 8.26. The number of carbonyl (C=O) groups is 2. The van der Waals surface area contributed by atoms with E-state index in [9.17, 15) is 9.59 Å². The van der Waals surface area contributed by atoms with Gasteiger partial charge in [-0.25, -0.2) is 4.79 Å². The summed E-state index contributed by atoms with van der Waals surface area (Å²) in [6.07, 6.45) is 1.54. The van der Waals surface area contributed by atoms with E-state index in [0.29, 0.717) is 5.56 Å². The van der Waals surface area contributed by atoms with Crippen LogP contribution in [0.15, 0.2) is 61.2 Å². The number of rotatable bonds is 8. The Morgan fingerprint density at radius 2 is 1.44 bits per heavy atom. The van der Waals surface area contributed by atoms with E-state index in [4.69, 9.17) is 17.0 Å². The highest BCUT2D eigenvalue weighted by molar-refractivity contribution is 8.46. The SMILES string of the molecule is C=CCOC(=O)c1ccc(CSC(=S)SCc2ccc(C(C)=O)cc2)cc1. The van der Waals surface area contributed by atoms with Gasteiger partial charge in [-0.3, -0.25) is 4.79 Å². The fourth-order valence-electron chi connectivity index (χ4n) is 2.12. The minimum atomic E-state index is -0.351. The first kappa shape index (κ1) is 21.4. The molecule has 0 spiro atoms. The summed E-state index contributed by atoms with van der Waals surface area (Å²) in [7, 11) is 0. The van der Waals surface area contributed by atoms with Gasteiger partial charge in [0, 0.05) is 17.1 Å². The van der Waals surface area contributed by atoms with Crippen LogP contribution in [0.5, 0.6) is 0 Å². The summed E-state index contributed by atoms with van der Waals surface area (Å²) in [6, 6.07) is 14.9. The minimum Gasteiger partial charge on any atom is -0.458 e. The lowest BCUT2D eigenvalue weighted by molar-refractivity contribution is 0.0549. The van der Waals surface area contributed by atoms with Gasteiger partial charge >= 0.3 is 5.97 Å². The molecular formula is C21H20O3S3. The molecule has 0 heterocycles. The van der Waals surface area contributed by atoms with Crippen molar-refractivity contribution in [2.24, 2.45) is 0 Å². The van der Waals surface area contributed by atoms with E-state index in [-0.39, 0.29) is 18.4 Å². The predicted molar refractivity (Wildman–Crippen MR) is 119 cm³/mol. The number of carbonyl (C=O) groups excluding carboxylic acids is 2. The van der Waals surface area contributed by atoms with Crippen LogP contribution in [-0.4, -0.2) is 21.9 Å². The fraction of sp³-hybridized carbons (Fsp3) is 0.190. The molecule has 0 aliphatic carbocycles. The molecule has 0 radical (unpaired) electrons. The van der Waals surface area contributed by atoms with E-state index in [2.05, 4.69) is 6.58 Å². The number of ketones is 1. The van der Waals surface area contributed by atoms with Crippen molar-refractivity contribution < 1.29 is 14.3 Å². The van der Waals surface area contributed by atoms with Crippen molar-refractivity contribution in [1.29, 1.82) is 0 Å². The van der Waals surface area contributed by atoms with E-state index in [1.807, 2.05) is 36.4 Å². The van der Waals surface area contributed by atoms with Crippen molar-refractivity contribution in [3.05, 3.63) is 83.4 Å². The molecule has 0 aliphatic heterocycles. The van der Waals surface area contributed by atoms with Crippen molar-refractivity contribution in [2.45, 2.75) is 18.4 Å². The molecule has 0 fully saturated rings. The number of esters is 1. The lowest BCUT2D eigenvalue weighted by Gasteiger charge is -2.06. The standard InChI is InChI=1S/C21H20O3S3/c1-3-12-24-20(23)19-10-6-17(7-11-19)14-27-21(25)26-13-16-4-8-18(9-5-16)15(2)22/h3-11H,1,12-14H2,2H3. The molecule has 2 aromatic rings. The largest absolute Gasteiger partial charge is 0.458 e. The lowest BCUT2D eigenvalue weighted by atomic mass is 10.1. The molecule has 6 heteroatoms. The van der Waals surface area contributed by atoms with E-state index in [1.54, 1.807) is 48.7 Å². The molecule has 0 unspecified atom stereocenters. The first-order chi connectivity index (χ1) is 13.0. The van der Waals surface area contributed by atoms with Gasteiger partial charge in [0.1, 0.15) is 10.1 Å². The summed E-state index contributed by atoms with van der Waals surface area (Å²) in [5.41, 5.74) is 3.47. The number of Topliss-reactive ketones (excluding diaryl/α,β-unsaturated/α-hetero) is 1. The van der Waals surface area contributed by atoms with Gasteiger partial charge in [0.25, 0.3) is 0 Å². The van der Waals surface area contributed by atoms with Crippen LogP contribution in [0, 0.1) is 0 Å². The normalized spacial score (nSPS) is 10.3. The number of thiocarbonyl (C=S) groups is 1. The highest BCUT2D eigenvalue weighted by Crippen LogP contribution is 2.25. The van der Waals surface area contributed by atoms with Crippen molar-refractivity contribution in [3.8, 4) is 0 Å². The van der Waals surface area contributed by atoms with E-state index in [1.165, 1.54) is 0 Å². The van der Waals surface area contributed by atoms with Gasteiger partial charge in [-0.2, -0.15) is 0 Å². The van der Waals surface area contributed by atoms with Crippen LogP contribution in [0.3, 0.4) is 0 Å². The Morgan fingerprint density at radius 1 is 0.963 bits per heavy atom. The Kier molecular flexibility index (Phi) is 8.78. The molecule has 140 valence electrons. The van der Waals surface area contributed by atoms with Crippen molar-refractivity contribution in [3.63, 3.8) is 0 Å². The molecule has 0 saturated carbocycles. The molecule has 2 rings (SSSR count). The maximum absolute atomic E-state index is 11.7. The topological polar surface area (TPSA) is 43.4 Å². The van der Waals surface area contributed by atoms with Gasteiger partial charge < -0.3 is 4.74 Å². The van der Waals surface area contributed by atoms with Gasteiger partial charge in [-0.1, -0.05) is 61.3 Å². The van der Waals surface area contributed by atoms with Crippen LogP contribution < -0.4 is 0 Å². The molecule has 0 bridgehead atoms. The Bertz CT molecular complexity index is 812. The van der Waals surface area contributed by atoms with Crippen LogP contribution in [-0.2, 0) is 16.2 Å². The summed E-state index contributed by atoms with van der Waals surface area (Å²) in [4.78, 5) is 23.0. The van der Waals surface area contributed by atoms with Crippen molar-refractivity contribution in [1.82, 2.24) is 0 Å². The molecule has 2 aromatic carbocycles. The second-order valence-corrected chi connectivity index (χ2v) is 8.82. The Balaban J connectivity index is 1.77. The monoisotopic (exact) mass is 416 g/mol. The minimum absolute atomic E-state index is 0.0697. The predicted octanol–water partition coefficient (Wildman–Crippen LogP) is 5.68. The quantitative estimate of drug-likeness (QED) is 0.239. The van der Waals surface area contributed by atoms with Gasteiger partial charge in [0.2, 0.25) is 0 Å². The Labute approximate surface area is 173 Å². The summed E-state index contributed by atoms with van der Waals surface area (Å²) in [5, 5.41) is 0. The molecule has 0 aromatic heterocycles.